The van der Waals surface area contributed by atoms with Crippen molar-refractivity contribution in [1.82, 2.24) is 5.32 Å². The van der Waals surface area contributed by atoms with Crippen LogP contribution in [-0.2, 0) is 9.53 Å². The molecule has 3 aliphatic rings. The molecule has 0 saturated carbocycles. The highest BCUT2D eigenvalue weighted by molar-refractivity contribution is 5.95. The molecule has 0 bridgehead atoms. The summed E-state index contributed by atoms with van der Waals surface area (Å²) in [7, 11) is 0. The van der Waals surface area contributed by atoms with Crippen LogP contribution < -0.4 is 11.1 Å². The number of hydrogen-bond acceptors (Lipinski definition) is 8. The number of ether oxygens (including phenoxy) is 1. The van der Waals surface area contributed by atoms with Crippen molar-refractivity contribution in [1.29, 1.82) is 0 Å². The fraction of sp³-hybridized carbons (Fsp3) is 0.308. The zero-order chi connectivity index (χ0) is 25.1. The molecule has 1 amide bonds. The van der Waals surface area contributed by atoms with Gasteiger partial charge >= 0.3 is 0 Å². The number of aliphatic hydroxyl groups excluding tert-OH is 3. The van der Waals surface area contributed by atoms with Crippen molar-refractivity contribution in [3.63, 3.8) is 0 Å². The third-order valence-electron chi connectivity index (χ3n) is 6.16. The van der Waals surface area contributed by atoms with Gasteiger partial charge in [-0.15, -0.1) is 0 Å². The van der Waals surface area contributed by atoms with Gasteiger partial charge < -0.3 is 36.2 Å². The monoisotopic (exact) mass is 480 g/mol. The Morgan fingerprint density at radius 1 is 1.23 bits per heavy atom. The van der Waals surface area contributed by atoms with E-state index in [2.05, 4.69) is 5.32 Å². The number of phenols is 1. The molecule has 0 radical (unpaired) electrons. The SMILES string of the molecule is N[C@@H](CO)[C@H](O)/C=C/CNC(=O)c1ccc(C2C3=C(CC(=O)C=C3)OC3=C2C=CC(O)C3)c(O)c1. The Labute approximate surface area is 202 Å². The molecule has 1 heterocycles. The fourth-order valence-corrected chi connectivity index (χ4v) is 4.28. The molecule has 35 heavy (non-hydrogen) atoms. The number of carbonyl (C=O) groups is 2. The third kappa shape index (κ3) is 5.28. The molecule has 1 aromatic rings. The summed E-state index contributed by atoms with van der Waals surface area (Å²) in [5.41, 5.74) is 7.84. The van der Waals surface area contributed by atoms with Crippen LogP contribution in [0.2, 0.25) is 0 Å². The maximum Gasteiger partial charge on any atom is 0.251 e. The summed E-state index contributed by atoms with van der Waals surface area (Å²) in [5, 5.41) is 42.2. The Morgan fingerprint density at radius 2 is 2.00 bits per heavy atom. The number of nitrogens with one attached hydrogen (secondary N) is 1. The highest BCUT2D eigenvalue weighted by Crippen LogP contribution is 2.48. The number of nitrogens with two attached hydrogens (primary N) is 1. The average Bonchev–Trinajstić information content (AvgIpc) is 2.84. The van der Waals surface area contributed by atoms with E-state index in [9.17, 15) is 24.9 Å². The van der Waals surface area contributed by atoms with Crippen LogP contribution in [0.25, 0.3) is 0 Å². The van der Waals surface area contributed by atoms with Crippen LogP contribution in [0, 0.1) is 0 Å². The second-order valence-corrected chi connectivity index (χ2v) is 8.65. The summed E-state index contributed by atoms with van der Waals surface area (Å²) in [5.74, 6) is 0.0394. The molecule has 1 aromatic carbocycles. The van der Waals surface area contributed by atoms with E-state index in [0.29, 0.717) is 17.1 Å². The van der Waals surface area contributed by atoms with E-state index in [1.807, 2.05) is 0 Å². The second-order valence-electron chi connectivity index (χ2n) is 8.65. The van der Waals surface area contributed by atoms with Gasteiger partial charge in [-0.25, -0.2) is 0 Å². The largest absolute Gasteiger partial charge is 0.508 e. The van der Waals surface area contributed by atoms with Gasteiger partial charge in [-0.2, -0.15) is 0 Å². The lowest BCUT2D eigenvalue weighted by Crippen LogP contribution is -2.36. The van der Waals surface area contributed by atoms with E-state index in [-0.39, 0.29) is 43.1 Å². The van der Waals surface area contributed by atoms with Crippen molar-refractivity contribution in [3.8, 4) is 5.75 Å². The molecule has 9 heteroatoms. The quantitative estimate of drug-likeness (QED) is 0.313. The number of aliphatic hydroxyl groups is 3. The van der Waals surface area contributed by atoms with Gasteiger partial charge in [-0.1, -0.05) is 36.4 Å². The molecule has 2 unspecified atom stereocenters. The van der Waals surface area contributed by atoms with Gasteiger partial charge in [0.05, 0.1) is 31.3 Å². The molecule has 7 N–H and O–H groups in total. The Hall–Kier alpha value is -3.50. The number of carbonyl (C=O) groups excluding carboxylic acids is 2. The standard InChI is InChI=1S/C26H28N2O7/c27-20(13-29)21(32)2-1-9-28-26(34)14-3-6-17(22(33)10-14)25-18-7-4-15(30)11-23(18)35-24-12-16(31)5-8-19(24)25/h1-8,10,15,20-21,25,29-30,32-33H,9,11-13,27H2,(H,28,34)/b2-1+/t15?,20-,21+,25?/m0/s1. The smallest absolute Gasteiger partial charge is 0.251 e. The van der Waals surface area contributed by atoms with Gasteiger partial charge in [0.2, 0.25) is 0 Å². The Bertz CT molecular complexity index is 1180. The predicted octanol–water partition coefficient (Wildman–Crippen LogP) is 0.830. The van der Waals surface area contributed by atoms with Crippen molar-refractivity contribution in [2.24, 2.45) is 5.73 Å². The molecule has 0 saturated heterocycles. The number of aromatic hydroxyl groups is 1. The van der Waals surface area contributed by atoms with E-state index in [0.717, 1.165) is 11.1 Å². The van der Waals surface area contributed by atoms with Gasteiger partial charge in [0, 0.05) is 41.2 Å². The summed E-state index contributed by atoms with van der Waals surface area (Å²) in [4.78, 5) is 24.5. The number of benzene rings is 1. The Morgan fingerprint density at radius 3 is 2.74 bits per heavy atom. The van der Waals surface area contributed by atoms with Crippen LogP contribution in [-0.4, -0.2) is 63.5 Å². The first-order valence-electron chi connectivity index (χ1n) is 11.3. The summed E-state index contributed by atoms with van der Waals surface area (Å²) >= 11 is 0. The minimum Gasteiger partial charge on any atom is -0.508 e. The van der Waals surface area contributed by atoms with E-state index < -0.39 is 30.1 Å². The summed E-state index contributed by atoms with van der Waals surface area (Å²) in [6.45, 7) is -0.245. The lowest BCUT2D eigenvalue weighted by atomic mass is 9.77. The van der Waals surface area contributed by atoms with E-state index >= 15 is 0 Å². The van der Waals surface area contributed by atoms with Crippen LogP contribution >= 0.6 is 0 Å². The summed E-state index contributed by atoms with van der Waals surface area (Å²) < 4.78 is 5.97. The molecule has 184 valence electrons. The minimum absolute atomic E-state index is 0.0883. The first-order valence-corrected chi connectivity index (χ1v) is 11.3. The molecule has 4 atom stereocenters. The first kappa shape index (κ1) is 24.6. The van der Waals surface area contributed by atoms with E-state index in [1.165, 1.54) is 24.3 Å². The van der Waals surface area contributed by atoms with Crippen LogP contribution in [0.4, 0.5) is 0 Å². The topological polar surface area (TPSA) is 162 Å². The molecule has 9 nitrogen and oxygen atoms in total. The number of amides is 1. The van der Waals surface area contributed by atoms with Crippen LogP contribution in [0.5, 0.6) is 5.75 Å². The van der Waals surface area contributed by atoms with Gasteiger partial charge in [0.15, 0.2) is 5.78 Å². The van der Waals surface area contributed by atoms with E-state index in [4.69, 9.17) is 15.6 Å². The van der Waals surface area contributed by atoms with Crippen molar-refractivity contribution in [3.05, 3.63) is 88.4 Å². The lowest BCUT2D eigenvalue weighted by molar-refractivity contribution is -0.114. The number of allylic oxidation sites excluding steroid dienone is 6. The van der Waals surface area contributed by atoms with Crippen molar-refractivity contribution in [2.45, 2.75) is 37.0 Å². The van der Waals surface area contributed by atoms with Gasteiger partial charge in [0.1, 0.15) is 17.3 Å². The number of hydrogen-bond donors (Lipinski definition) is 6. The lowest BCUT2D eigenvalue weighted by Gasteiger charge is -2.34. The molecule has 0 aromatic heterocycles. The maximum atomic E-state index is 12.5. The first-order chi connectivity index (χ1) is 16.8. The van der Waals surface area contributed by atoms with Gasteiger partial charge in [-0.05, 0) is 18.2 Å². The average molecular weight is 481 g/mol. The predicted molar refractivity (Wildman–Crippen MR) is 127 cm³/mol. The van der Waals surface area contributed by atoms with Gasteiger partial charge in [-0.3, -0.25) is 9.59 Å². The van der Waals surface area contributed by atoms with Crippen molar-refractivity contribution < 1.29 is 34.8 Å². The zero-order valence-corrected chi connectivity index (χ0v) is 18.9. The zero-order valence-electron chi connectivity index (χ0n) is 18.9. The van der Waals surface area contributed by atoms with Crippen LogP contribution in [0.15, 0.2) is 77.3 Å². The number of phenolic OH excluding ortho intramolecular Hbond substituents is 1. The van der Waals surface area contributed by atoms with Crippen molar-refractivity contribution in [2.75, 3.05) is 13.2 Å². The molecule has 4 rings (SSSR count). The molecule has 0 fully saturated rings. The Kier molecular flexibility index (Phi) is 7.32. The summed E-state index contributed by atoms with van der Waals surface area (Å²) in [6, 6.07) is 3.83. The Balaban J connectivity index is 1.55. The van der Waals surface area contributed by atoms with Crippen molar-refractivity contribution >= 4 is 11.7 Å². The minimum atomic E-state index is -1.03. The molecule has 2 aliphatic carbocycles. The fourth-order valence-electron chi connectivity index (χ4n) is 4.28. The molecular weight excluding hydrogens is 452 g/mol. The number of ketones is 1. The molecule has 1 aliphatic heterocycles. The van der Waals surface area contributed by atoms with Crippen LogP contribution in [0.1, 0.15) is 34.7 Å². The maximum absolute atomic E-state index is 12.5. The highest BCUT2D eigenvalue weighted by Gasteiger charge is 2.36. The molecular formula is C26H28N2O7. The molecule has 0 spiro atoms. The van der Waals surface area contributed by atoms with Gasteiger partial charge in [0.25, 0.3) is 5.91 Å². The van der Waals surface area contributed by atoms with E-state index in [1.54, 1.807) is 30.4 Å². The second kappa shape index (κ2) is 10.4. The number of rotatable bonds is 7. The van der Waals surface area contributed by atoms with Crippen LogP contribution in [0.3, 0.4) is 0 Å². The summed E-state index contributed by atoms with van der Waals surface area (Å²) in [6.07, 6.45) is 8.17. The highest BCUT2D eigenvalue weighted by atomic mass is 16.5. The normalized spacial score (nSPS) is 23.1. The third-order valence-corrected chi connectivity index (χ3v) is 6.16.